The number of carbonyl (C=O) groups excluding carboxylic acids is 1. The van der Waals surface area contributed by atoms with Gasteiger partial charge in [0.2, 0.25) is 5.91 Å². The van der Waals surface area contributed by atoms with Crippen LogP contribution in [-0.2, 0) is 17.9 Å². The summed E-state index contributed by atoms with van der Waals surface area (Å²) in [6.45, 7) is 5.21. The van der Waals surface area contributed by atoms with Crippen molar-refractivity contribution in [2.75, 3.05) is 16.4 Å². The van der Waals surface area contributed by atoms with E-state index in [-0.39, 0.29) is 29.2 Å². The van der Waals surface area contributed by atoms with Gasteiger partial charge in [-0.1, -0.05) is 37.9 Å². The molecule has 0 spiro atoms. The second-order valence-electron chi connectivity index (χ2n) is 8.85. The Balaban J connectivity index is 1.63. The third-order valence-electron chi connectivity index (χ3n) is 6.48. The Morgan fingerprint density at radius 3 is 2.52 bits per heavy atom. The number of H-pyrrole nitrogens is 1. The highest BCUT2D eigenvalue weighted by Crippen LogP contribution is 2.40. The number of thioether (sulfide) groups is 1. The maximum absolute atomic E-state index is 13.5. The van der Waals surface area contributed by atoms with Crippen LogP contribution in [0.2, 0.25) is 0 Å². The fourth-order valence-corrected chi connectivity index (χ4v) is 5.43. The van der Waals surface area contributed by atoms with E-state index in [9.17, 15) is 14.4 Å². The van der Waals surface area contributed by atoms with Gasteiger partial charge in [0.1, 0.15) is 11.6 Å². The van der Waals surface area contributed by atoms with Crippen molar-refractivity contribution in [3.8, 4) is 0 Å². The SMILES string of the molecule is CCCCn1c(N)c(N(C(=O)CSc2nnc(C3CC3)n2CC)C2CCCC2)c(=O)[nH]c1=O. The van der Waals surface area contributed by atoms with Crippen molar-refractivity contribution in [2.24, 2.45) is 0 Å². The maximum Gasteiger partial charge on any atom is 0.330 e. The first kappa shape index (κ1) is 23.6. The average molecular weight is 476 g/mol. The van der Waals surface area contributed by atoms with Gasteiger partial charge in [-0.25, -0.2) is 4.79 Å². The molecule has 2 aliphatic rings. The van der Waals surface area contributed by atoms with Gasteiger partial charge in [0.15, 0.2) is 10.8 Å². The van der Waals surface area contributed by atoms with Crippen LogP contribution in [0.1, 0.15) is 77.0 Å². The van der Waals surface area contributed by atoms with Gasteiger partial charge in [0, 0.05) is 25.0 Å². The molecule has 10 nitrogen and oxygen atoms in total. The number of carbonyl (C=O) groups is 1. The fourth-order valence-electron chi connectivity index (χ4n) is 4.57. The molecule has 0 radical (unpaired) electrons. The maximum atomic E-state index is 13.5. The number of nitrogens with zero attached hydrogens (tertiary/aromatic N) is 5. The fraction of sp³-hybridized carbons (Fsp3) is 0.682. The minimum Gasteiger partial charge on any atom is -0.383 e. The molecule has 2 fully saturated rings. The summed E-state index contributed by atoms with van der Waals surface area (Å²) in [6.07, 6.45) is 7.48. The van der Waals surface area contributed by atoms with E-state index >= 15 is 0 Å². The van der Waals surface area contributed by atoms with Crippen LogP contribution >= 0.6 is 11.8 Å². The van der Waals surface area contributed by atoms with Crippen LogP contribution in [0, 0.1) is 0 Å². The van der Waals surface area contributed by atoms with Crippen molar-refractivity contribution >= 4 is 29.2 Å². The Morgan fingerprint density at radius 1 is 1.15 bits per heavy atom. The molecular weight excluding hydrogens is 442 g/mol. The summed E-state index contributed by atoms with van der Waals surface area (Å²) in [7, 11) is 0. The van der Waals surface area contributed by atoms with Crippen molar-refractivity contribution in [2.45, 2.75) is 95.4 Å². The number of hydrogen-bond donors (Lipinski definition) is 2. The lowest BCUT2D eigenvalue weighted by Gasteiger charge is -2.29. The van der Waals surface area contributed by atoms with Crippen LogP contribution in [0.5, 0.6) is 0 Å². The molecule has 2 aromatic heterocycles. The Labute approximate surface area is 196 Å². The number of nitrogen functional groups attached to an aromatic ring is 1. The third kappa shape index (κ3) is 4.87. The van der Waals surface area contributed by atoms with E-state index in [1.807, 2.05) is 13.8 Å². The first-order valence-corrected chi connectivity index (χ1v) is 12.9. The van der Waals surface area contributed by atoms with E-state index in [1.165, 1.54) is 16.3 Å². The lowest BCUT2D eigenvalue weighted by atomic mass is 10.2. The van der Waals surface area contributed by atoms with Crippen LogP contribution in [0.15, 0.2) is 14.7 Å². The number of aromatic nitrogens is 5. The van der Waals surface area contributed by atoms with Gasteiger partial charge < -0.3 is 15.2 Å². The molecule has 0 bridgehead atoms. The standard InChI is InChI=1S/C22H33N7O3S/c1-3-5-12-28-18(23)17(20(31)24-21(28)32)29(15-8-6-7-9-15)16(30)13-33-22-26-25-19(14-10-11-14)27(22)4-2/h14-15H,3-13,23H2,1-2H3,(H,24,31,32). The predicted octanol–water partition coefficient (Wildman–Crippen LogP) is 2.48. The predicted molar refractivity (Wildman–Crippen MR) is 129 cm³/mol. The van der Waals surface area contributed by atoms with E-state index in [2.05, 4.69) is 19.7 Å². The van der Waals surface area contributed by atoms with Gasteiger partial charge in [-0.15, -0.1) is 10.2 Å². The quantitative estimate of drug-likeness (QED) is 0.505. The van der Waals surface area contributed by atoms with E-state index in [4.69, 9.17) is 5.73 Å². The van der Waals surface area contributed by atoms with Gasteiger partial charge in [-0.2, -0.15) is 0 Å². The zero-order valence-corrected chi connectivity index (χ0v) is 20.2. The average Bonchev–Trinajstić information content (AvgIpc) is 3.33. The summed E-state index contributed by atoms with van der Waals surface area (Å²) in [4.78, 5) is 42.7. The molecular formula is C22H33N7O3S. The Kier molecular flexibility index (Phi) is 7.26. The molecule has 33 heavy (non-hydrogen) atoms. The van der Waals surface area contributed by atoms with E-state index in [1.54, 1.807) is 4.90 Å². The number of hydrogen-bond acceptors (Lipinski definition) is 7. The topological polar surface area (TPSA) is 132 Å². The second-order valence-corrected chi connectivity index (χ2v) is 9.79. The van der Waals surface area contributed by atoms with Gasteiger partial charge in [-0.05, 0) is 39.0 Å². The van der Waals surface area contributed by atoms with Gasteiger partial charge >= 0.3 is 5.69 Å². The number of amides is 1. The summed E-state index contributed by atoms with van der Waals surface area (Å²) in [5, 5.41) is 9.37. The number of nitrogens with one attached hydrogen (secondary N) is 1. The number of nitrogens with two attached hydrogens (primary N) is 1. The monoisotopic (exact) mass is 475 g/mol. The van der Waals surface area contributed by atoms with Crippen molar-refractivity contribution in [3.63, 3.8) is 0 Å². The highest BCUT2D eigenvalue weighted by atomic mass is 32.2. The molecule has 2 saturated carbocycles. The zero-order valence-electron chi connectivity index (χ0n) is 19.4. The third-order valence-corrected chi connectivity index (χ3v) is 7.43. The van der Waals surface area contributed by atoms with E-state index < -0.39 is 11.2 Å². The van der Waals surface area contributed by atoms with Crippen LogP contribution in [0.3, 0.4) is 0 Å². The van der Waals surface area contributed by atoms with Crippen molar-refractivity contribution in [3.05, 3.63) is 26.7 Å². The highest BCUT2D eigenvalue weighted by Gasteiger charge is 2.34. The van der Waals surface area contributed by atoms with Crippen molar-refractivity contribution in [1.82, 2.24) is 24.3 Å². The number of anilines is 2. The van der Waals surface area contributed by atoms with E-state index in [0.29, 0.717) is 17.6 Å². The van der Waals surface area contributed by atoms with Crippen LogP contribution in [0.4, 0.5) is 11.5 Å². The first-order valence-electron chi connectivity index (χ1n) is 12.0. The van der Waals surface area contributed by atoms with Crippen LogP contribution < -0.4 is 21.9 Å². The molecule has 2 aliphatic carbocycles. The normalized spacial score (nSPS) is 16.4. The smallest absolute Gasteiger partial charge is 0.330 e. The molecule has 0 atom stereocenters. The molecule has 0 aliphatic heterocycles. The molecule has 1 amide bonds. The molecule has 180 valence electrons. The minimum absolute atomic E-state index is 0.0650. The van der Waals surface area contributed by atoms with Crippen molar-refractivity contribution in [1.29, 1.82) is 0 Å². The molecule has 2 aromatic rings. The Bertz CT molecular complexity index is 1110. The summed E-state index contributed by atoms with van der Waals surface area (Å²) in [5.74, 6) is 1.44. The summed E-state index contributed by atoms with van der Waals surface area (Å²) in [6, 6.07) is -0.107. The number of rotatable bonds is 10. The molecule has 11 heteroatoms. The minimum atomic E-state index is -0.608. The van der Waals surface area contributed by atoms with Crippen molar-refractivity contribution < 1.29 is 4.79 Å². The molecule has 4 rings (SSSR count). The zero-order chi connectivity index (χ0) is 23.5. The lowest BCUT2D eigenvalue weighted by Crippen LogP contribution is -2.46. The second kappa shape index (κ2) is 10.1. The Morgan fingerprint density at radius 2 is 1.88 bits per heavy atom. The highest BCUT2D eigenvalue weighted by molar-refractivity contribution is 7.99. The van der Waals surface area contributed by atoms with Crippen LogP contribution in [0.25, 0.3) is 0 Å². The van der Waals surface area contributed by atoms with E-state index in [0.717, 1.165) is 63.7 Å². The van der Waals surface area contributed by atoms with Gasteiger partial charge in [0.05, 0.1) is 5.75 Å². The van der Waals surface area contributed by atoms with Gasteiger partial charge in [-0.3, -0.25) is 19.1 Å². The molecule has 0 unspecified atom stereocenters. The summed E-state index contributed by atoms with van der Waals surface area (Å²) < 4.78 is 3.44. The molecule has 0 saturated heterocycles. The van der Waals surface area contributed by atoms with Gasteiger partial charge in [0.25, 0.3) is 5.56 Å². The molecule has 0 aromatic carbocycles. The lowest BCUT2D eigenvalue weighted by molar-refractivity contribution is -0.116. The number of aromatic amines is 1. The Hall–Kier alpha value is -2.56. The summed E-state index contributed by atoms with van der Waals surface area (Å²) in [5.41, 5.74) is 5.30. The molecule has 3 N–H and O–H groups in total. The largest absolute Gasteiger partial charge is 0.383 e. The molecule has 2 heterocycles. The van der Waals surface area contributed by atoms with Crippen LogP contribution in [-0.4, -0.2) is 42.0 Å². The number of unbranched alkanes of at least 4 members (excludes halogenated alkanes) is 1. The summed E-state index contributed by atoms with van der Waals surface area (Å²) >= 11 is 1.34. The first-order chi connectivity index (χ1) is 16.0.